The number of morpholine rings is 1. The molecule has 1 atom stereocenters. The van der Waals surface area contributed by atoms with Crippen molar-refractivity contribution < 1.29 is 13.2 Å². The molecule has 6 heteroatoms. The molecule has 0 saturated carbocycles. The van der Waals surface area contributed by atoms with Gasteiger partial charge in [0.2, 0.25) is 10.0 Å². The molecule has 1 saturated heterocycles. The third-order valence-corrected chi connectivity index (χ3v) is 5.46. The maximum atomic E-state index is 11.5. The summed E-state index contributed by atoms with van der Waals surface area (Å²) in [5, 5.41) is 0. The van der Waals surface area contributed by atoms with Crippen LogP contribution >= 0.6 is 8.58 Å². The van der Waals surface area contributed by atoms with Gasteiger partial charge < -0.3 is 4.74 Å². The summed E-state index contributed by atoms with van der Waals surface area (Å²) in [6.07, 6.45) is 0. The van der Waals surface area contributed by atoms with Crippen LogP contribution in [0.15, 0.2) is 0 Å². The lowest BCUT2D eigenvalue weighted by Gasteiger charge is -2.25. The molecular weight excluding hydrogens is 197 g/mol. The number of hydrogen-bond acceptors (Lipinski definition) is 3. The highest BCUT2D eigenvalue weighted by atomic mass is 32.2. The summed E-state index contributed by atoms with van der Waals surface area (Å²) in [6.45, 7) is 4.01. The quantitative estimate of drug-likeness (QED) is 0.613. The molecular formula is C6H14NO3PS. The van der Waals surface area contributed by atoms with Crippen LogP contribution in [0.25, 0.3) is 0 Å². The molecule has 0 aromatic carbocycles. The van der Waals surface area contributed by atoms with Gasteiger partial charge >= 0.3 is 0 Å². The Hall–Kier alpha value is 0.300. The molecule has 12 heavy (non-hydrogen) atoms. The second-order valence-electron chi connectivity index (χ2n) is 2.62. The minimum absolute atomic E-state index is 0.285. The summed E-state index contributed by atoms with van der Waals surface area (Å²) in [5.41, 5.74) is 0.285. The Labute approximate surface area is 75.1 Å². The van der Waals surface area contributed by atoms with Crippen LogP contribution in [0.3, 0.4) is 0 Å². The van der Waals surface area contributed by atoms with Crippen LogP contribution in [0.1, 0.15) is 0 Å². The fourth-order valence-electron chi connectivity index (χ4n) is 1.10. The van der Waals surface area contributed by atoms with Gasteiger partial charge in [0.1, 0.15) is 0 Å². The predicted molar refractivity (Wildman–Crippen MR) is 50.4 cm³/mol. The van der Waals surface area contributed by atoms with Gasteiger partial charge in [-0.1, -0.05) is 0 Å². The smallest absolute Gasteiger partial charge is 0.218 e. The number of sulfonamides is 1. The first kappa shape index (κ1) is 10.4. The Kier molecular flexibility index (Phi) is 3.90. The van der Waals surface area contributed by atoms with Gasteiger partial charge in [-0.15, -0.1) is 8.58 Å². The molecule has 0 aromatic rings. The van der Waals surface area contributed by atoms with E-state index in [1.165, 1.54) is 4.31 Å². The number of hydrogen-bond donors (Lipinski definition) is 0. The standard InChI is InChI=1S/C6H14NO3PS/c1-11-6-12(8,9)7-2-4-10-5-3-7/h11H,2-6H2,1H3. The SMILES string of the molecule is CPCS(=O)(=O)N1CCOCC1. The highest BCUT2D eigenvalue weighted by Crippen LogP contribution is 2.13. The van der Waals surface area contributed by atoms with E-state index >= 15 is 0 Å². The topological polar surface area (TPSA) is 46.6 Å². The van der Waals surface area contributed by atoms with E-state index < -0.39 is 10.0 Å². The van der Waals surface area contributed by atoms with Gasteiger partial charge in [-0.25, -0.2) is 8.42 Å². The normalized spacial score (nSPS) is 22.1. The molecule has 0 amide bonds. The molecule has 0 bridgehead atoms. The van der Waals surface area contributed by atoms with Crippen molar-refractivity contribution in [3.63, 3.8) is 0 Å². The highest BCUT2D eigenvalue weighted by molar-refractivity contribution is 7.93. The van der Waals surface area contributed by atoms with Crippen LogP contribution in [0, 0.1) is 0 Å². The fourth-order valence-corrected chi connectivity index (χ4v) is 3.99. The fraction of sp³-hybridized carbons (Fsp3) is 1.00. The maximum Gasteiger partial charge on any atom is 0.218 e. The minimum atomic E-state index is -2.97. The van der Waals surface area contributed by atoms with Gasteiger partial charge in [0.05, 0.1) is 18.7 Å². The molecule has 0 N–H and O–H groups in total. The average Bonchev–Trinajstić information content (AvgIpc) is 2.06. The van der Waals surface area contributed by atoms with Crippen molar-refractivity contribution >= 4 is 18.6 Å². The summed E-state index contributed by atoms with van der Waals surface area (Å²) >= 11 is 0. The van der Waals surface area contributed by atoms with Crippen molar-refractivity contribution in [2.24, 2.45) is 0 Å². The first-order valence-electron chi connectivity index (χ1n) is 3.87. The van der Waals surface area contributed by atoms with Crippen molar-refractivity contribution in [1.29, 1.82) is 0 Å². The van der Waals surface area contributed by atoms with Gasteiger partial charge in [-0.3, -0.25) is 0 Å². The number of rotatable bonds is 3. The number of nitrogens with zero attached hydrogens (tertiary/aromatic N) is 1. The van der Waals surface area contributed by atoms with Crippen LogP contribution < -0.4 is 0 Å². The summed E-state index contributed by atoms with van der Waals surface area (Å²) in [5.74, 6) is 0. The molecule has 1 heterocycles. The van der Waals surface area contributed by atoms with Gasteiger partial charge in [-0.2, -0.15) is 4.31 Å². The zero-order valence-corrected chi connectivity index (χ0v) is 8.93. The third-order valence-electron chi connectivity index (χ3n) is 1.69. The van der Waals surface area contributed by atoms with E-state index in [1.807, 2.05) is 6.66 Å². The molecule has 1 aliphatic heterocycles. The molecule has 0 aromatic heterocycles. The average molecular weight is 211 g/mol. The lowest BCUT2D eigenvalue weighted by atomic mass is 10.5. The van der Waals surface area contributed by atoms with E-state index in [-0.39, 0.29) is 5.49 Å². The van der Waals surface area contributed by atoms with Crippen molar-refractivity contribution in [2.45, 2.75) is 0 Å². The van der Waals surface area contributed by atoms with E-state index in [1.54, 1.807) is 0 Å². The summed E-state index contributed by atoms with van der Waals surface area (Å²) in [6, 6.07) is 0. The zero-order chi connectivity index (χ0) is 9.03. The minimum Gasteiger partial charge on any atom is -0.379 e. The van der Waals surface area contributed by atoms with Crippen molar-refractivity contribution in [2.75, 3.05) is 38.5 Å². The first-order valence-corrected chi connectivity index (χ1v) is 7.18. The van der Waals surface area contributed by atoms with Crippen LogP contribution in [0.4, 0.5) is 0 Å². The molecule has 0 aliphatic carbocycles. The lowest BCUT2D eigenvalue weighted by Crippen LogP contribution is -2.41. The Morgan fingerprint density at radius 2 is 2.00 bits per heavy atom. The molecule has 72 valence electrons. The van der Waals surface area contributed by atoms with Crippen LogP contribution in [-0.2, 0) is 14.8 Å². The van der Waals surface area contributed by atoms with Crippen LogP contribution in [0.2, 0.25) is 0 Å². The molecule has 4 nitrogen and oxygen atoms in total. The van der Waals surface area contributed by atoms with Gasteiger partial charge in [0.15, 0.2) is 0 Å². The molecule has 1 rings (SSSR count). The zero-order valence-electron chi connectivity index (χ0n) is 7.12. The van der Waals surface area contributed by atoms with E-state index in [0.717, 1.165) is 0 Å². The van der Waals surface area contributed by atoms with Crippen molar-refractivity contribution in [3.8, 4) is 0 Å². The lowest BCUT2D eigenvalue weighted by molar-refractivity contribution is 0.0732. The largest absolute Gasteiger partial charge is 0.379 e. The third kappa shape index (κ3) is 2.66. The molecule has 1 fully saturated rings. The second-order valence-corrected chi connectivity index (χ2v) is 6.16. The summed E-state index contributed by atoms with van der Waals surface area (Å²) < 4.78 is 29.5. The summed E-state index contributed by atoms with van der Waals surface area (Å²) in [4.78, 5) is 0. The Bertz CT molecular complexity index is 223. The maximum absolute atomic E-state index is 11.5. The predicted octanol–water partition coefficient (Wildman–Crippen LogP) is -0.0858. The van der Waals surface area contributed by atoms with Gasteiger partial charge in [-0.05, 0) is 6.66 Å². The van der Waals surface area contributed by atoms with E-state index in [0.29, 0.717) is 34.9 Å². The van der Waals surface area contributed by atoms with Crippen molar-refractivity contribution in [3.05, 3.63) is 0 Å². The van der Waals surface area contributed by atoms with Crippen LogP contribution in [0.5, 0.6) is 0 Å². The first-order chi connectivity index (χ1) is 5.67. The Morgan fingerprint density at radius 3 is 2.50 bits per heavy atom. The van der Waals surface area contributed by atoms with E-state index in [4.69, 9.17) is 4.74 Å². The molecule has 1 aliphatic rings. The second kappa shape index (κ2) is 4.51. The molecule has 0 radical (unpaired) electrons. The number of ether oxygens (including phenoxy) is 1. The molecule has 0 spiro atoms. The van der Waals surface area contributed by atoms with Gasteiger partial charge in [0.25, 0.3) is 0 Å². The van der Waals surface area contributed by atoms with E-state index in [2.05, 4.69) is 0 Å². The highest BCUT2D eigenvalue weighted by Gasteiger charge is 2.22. The summed E-state index contributed by atoms with van der Waals surface area (Å²) in [7, 11) is -2.50. The van der Waals surface area contributed by atoms with E-state index in [9.17, 15) is 8.42 Å². The van der Waals surface area contributed by atoms with Crippen LogP contribution in [-0.4, -0.2) is 51.2 Å². The van der Waals surface area contributed by atoms with Gasteiger partial charge in [0, 0.05) is 13.1 Å². The molecule has 1 unspecified atom stereocenters. The monoisotopic (exact) mass is 211 g/mol. The Morgan fingerprint density at radius 1 is 1.42 bits per heavy atom. The Balaban J connectivity index is 2.54. The van der Waals surface area contributed by atoms with Crippen molar-refractivity contribution in [1.82, 2.24) is 4.31 Å².